The molecule has 1 aliphatic rings. The molecular weight excluding hydrogens is 451 g/mol. The lowest BCUT2D eigenvalue weighted by molar-refractivity contribution is -0.118. The van der Waals surface area contributed by atoms with E-state index in [4.69, 9.17) is 9.84 Å². The van der Waals surface area contributed by atoms with Crippen LogP contribution in [0.3, 0.4) is 0 Å². The van der Waals surface area contributed by atoms with Crippen LogP contribution in [0, 0.1) is 5.82 Å². The number of hydrogen-bond donors (Lipinski definition) is 3. The maximum absolute atomic E-state index is 14.4. The first-order chi connectivity index (χ1) is 16.9. The second kappa shape index (κ2) is 10.4. The van der Waals surface area contributed by atoms with Crippen molar-refractivity contribution in [3.05, 3.63) is 89.2 Å². The first-order valence-electron chi connectivity index (χ1n) is 11.3. The maximum atomic E-state index is 14.4. The Balaban J connectivity index is 1.42. The number of carboxylic acid groups (broad SMARTS) is 1. The van der Waals surface area contributed by atoms with Gasteiger partial charge in [0.2, 0.25) is 5.91 Å². The maximum Gasteiger partial charge on any atom is 0.407 e. The molecule has 2 amide bonds. The Morgan fingerprint density at radius 1 is 0.971 bits per heavy atom. The lowest BCUT2D eigenvalue weighted by Crippen LogP contribution is -2.44. The molecule has 0 fully saturated rings. The summed E-state index contributed by atoms with van der Waals surface area (Å²) >= 11 is 0. The zero-order chi connectivity index (χ0) is 24.9. The zero-order valence-corrected chi connectivity index (χ0v) is 19.1. The van der Waals surface area contributed by atoms with Gasteiger partial charge in [0.25, 0.3) is 0 Å². The number of carboxylic acids is 1. The number of ether oxygens (including phenoxy) is 1. The number of alkyl carbamates (subject to hydrolysis) is 1. The van der Waals surface area contributed by atoms with Gasteiger partial charge in [-0.15, -0.1) is 0 Å². The first kappa shape index (κ1) is 23.9. The standard InChI is InChI=1S/C27H25FN2O5/c1-2-8-23(25(31)29-22-14-7-13-20(24(22)28)26(32)33)30-27(34)35-15-21-18-11-5-3-9-16(18)17-10-4-6-12-19(17)21/h3-7,9-14,21,23H,2,8,15H2,1H3,(H,29,31)(H,30,34)(H,32,33). The molecular formula is C27H25FN2O5. The summed E-state index contributed by atoms with van der Waals surface area (Å²) in [5.74, 6) is -3.29. The molecule has 1 aliphatic carbocycles. The van der Waals surface area contributed by atoms with Crippen molar-refractivity contribution in [1.29, 1.82) is 0 Å². The quantitative estimate of drug-likeness (QED) is 0.416. The Hall–Kier alpha value is -4.20. The van der Waals surface area contributed by atoms with Crippen LogP contribution in [0.15, 0.2) is 66.7 Å². The summed E-state index contributed by atoms with van der Waals surface area (Å²) in [6, 6.07) is 18.6. The minimum absolute atomic E-state index is 0.0929. The van der Waals surface area contributed by atoms with E-state index in [2.05, 4.69) is 10.6 Å². The lowest BCUT2D eigenvalue weighted by atomic mass is 9.98. The number of halogens is 1. The fourth-order valence-corrected chi connectivity index (χ4v) is 4.35. The monoisotopic (exact) mass is 476 g/mol. The van der Waals surface area contributed by atoms with E-state index >= 15 is 0 Å². The van der Waals surface area contributed by atoms with Crippen LogP contribution in [0.2, 0.25) is 0 Å². The molecule has 3 aromatic carbocycles. The summed E-state index contributed by atoms with van der Waals surface area (Å²) in [5, 5.41) is 14.0. The predicted octanol–water partition coefficient (Wildman–Crippen LogP) is 5.17. The highest BCUT2D eigenvalue weighted by Gasteiger charge is 2.30. The number of rotatable bonds is 8. The number of aromatic carboxylic acids is 1. The van der Waals surface area contributed by atoms with Crippen molar-refractivity contribution in [3.8, 4) is 11.1 Å². The van der Waals surface area contributed by atoms with Gasteiger partial charge >= 0.3 is 12.1 Å². The van der Waals surface area contributed by atoms with E-state index in [9.17, 15) is 18.8 Å². The molecule has 8 heteroatoms. The topological polar surface area (TPSA) is 105 Å². The zero-order valence-electron chi connectivity index (χ0n) is 19.1. The van der Waals surface area contributed by atoms with Crippen LogP contribution in [-0.4, -0.2) is 35.7 Å². The number of fused-ring (bicyclic) bond motifs is 3. The first-order valence-corrected chi connectivity index (χ1v) is 11.3. The molecule has 0 spiro atoms. The molecule has 35 heavy (non-hydrogen) atoms. The van der Waals surface area contributed by atoms with E-state index in [0.29, 0.717) is 6.42 Å². The Kier molecular flexibility index (Phi) is 7.10. The molecule has 1 unspecified atom stereocenters. The largest absolute Gasteiger partial charge is 0.478 e. The van der Waals surface area contributed by atoms with Crippen LogP contribution in [0.1, 0.15) is 47.2 Å². The van der Waals surface area contributed by atoms with Crippen molar-refractivity contribution >= 4 is 23.7 Å². The third-order valence-corrected chi connectivity index (χ3v) is 6.02. The van der Waals surface area contributed by atoms with Gasteiger partial charge in [-0.25, -0.2) is 14.0 Å². The summed E-state index contributed by atoms with van der Waals surface area (Å²) in [5.41, 5.74) is 3.51. The van der Waals surface area contributed by atoms with E-state index in [0.717, 1.165) is 28.3 Å². The second-order valence-electron chi connectivity index (χ2n) is 8.27. The molecule has 0 saturated heterocycles. The van der Waals surface area contributed by atoms with Gasteiger partial charge in [-0.05, 0) is 40.8 Å². The van der Waals surface area contributed by atoms with E-state index in [-0.39, 0.29) is 24.6 Å². The molecule has 7 nitrogen and oxygen atoms in total. The van der Waals surface area contributed by atoms with Crippen LogP contribution in [-0.2, 0) is 9.53 Å². The number of nitrogens with one attached hydrogen (secondary N) is 2. The van der Waals surface area contributed by atoms with Crippen LogP contribution in [0.5, 0.6) is 0 Å². The molecule has 180 valence electrons. The van der Waals surface area contributed by atoms with Gasteiger partial charge in [-0.1, -0.05) is 67.9 Å². The summed E-state index contributed by atoms with van der Waals surface area (Å²) in [4.78, 5) is 36.5. The van der Waals surface area contributed by atoms with Crippen LogP contribution in [0.4, 0.5) is 14.9 Å². The Labute approximate surface area is 201 Å². The van der Waals surface area contributed by atoms with E-state index < -0.39 is 35.4 Å². The number of carbonyl (C=O) groups excluding carboxylic acids is 2. The number of amides is 2. The molecule has 3 N–H and O–H groups in total. The number of benzene rings is 3. The SMILES string of the molecule is CCCC(NC(=O)OCC1c2ccccc2-c2ccccc21)C(=O)Nc1cccc(C(=O)O)c1F. The Morgan fingerprint density at radius 2 is 1.60 bits per heavy atom. The number of anilines is 1. The van der Waals surface area contributed by atoms with Crippen molar-refractivity contribution < 1.29 is 28.6 Å². The average molecular weight is 477 g/mol. The molecule has 3 aromatic rings. The average Bonchev–Trinajstić information content (AvgIpc) is 3.17. The van der Waals surface area contributed by atoms with Crippen LogP contribution < -0.4 is 10.6 Å². The van der Waals surface area contributed by atoms with Crippen molar-refractivity contribution in [2.75, 3.05) is 11.9 Å². The summed E-state index contributed by atoms with van der Waals surface area (Å²) in [6.45, 7) is 1.93. The van der Waals surface area contributed by atoms with Gasteiger partial charge in [0.1, 0.15) is 12.6 Å². The fourth-order valence-electron chi connectivity index (χ4n) is 4.35. The molecule has 0 aliphatic heterocycles. The third kappa shape index (κ3) is 5.01. The smallest absolute Gasteiger partial charge is 0.407 e. The van der Waals surface area contributed by atoms with Crippen LogP contribution >= 0.6 is 0 Å². The number of hydrogen-bond acceptors (Lipinski definition) is 4. The highest BCUT2D eigenvalue weighted by atomic mass is 19.1. The van der Waals surface area contributed by atoms with E-state index in [1.165, 1.54) is 12.1 Å². The van der Waals surface area contributed by atoms with Crippen molar-refractivity contribution in [2.24, 2.45) is 0 Å². The number of carbonyl (C=O) groups is 3. The molecule has 0 saturated carbocycles. The van der Waals surface area contributed by atoms with Crippen molar-refractivity contribution in [3.63, 3.8) is 0 Å². The minimum Gasteiger partial charge on any atom is -0.478 e. The molecule has 0 heterocycles. The Bertz CT molecular complexity index is 1230. The normalized spacial score (nSPS) is 12.9. The Morgan fingerprint density at radius 3 is 2.20 bits per heavy atom. The molecule has 1 atom stereocenters. The van der Waals surface area contributed by atoms with Crippen LogP contribution in [0.25, 0.3) is 11.1 Å². The summed E-state index contributed by atoms with van der Waals surface area (Å²) < 4.78 is 19.9. The van der Waals surface area contributed by atoms with Gasteiger partial charge in [0.05, 0.1) is 11.3 Å². The second-order valence-corrected chi connectivity index (χ2v) is 8.27. The van der Waals surface area contributed by atoms with Gasteiger partial charge in [-0.3, -0.25) is 4.79 Å². The third-order valence-electron chi connectivity index (χ3n) is 6.02. The van der Waals surface area contributed by atoms with Gasteiger partial charge in [-0.2, -0.15) is 0 Å². The van der Waals surface area contributed by atoms with E-state index in [1.807, 2.05) is 55.5 Å². The van der Waals surface area contributed by atoms with Gasteiger partial charge in [0.15, 0.2) is 5.82 Å². The fraction of sp³-hybridized carbons (Fsp3) is 0.222. The summed E-state index contributed by atoms with van der Waals surface area (Å²) in [6.07, 6.45) is 0.0931. The molecule has 0 bridgehead atoms. The van der Waals surface area contributed by atoms with E-state index in [1.54, 1.807) is 0 Å². The van der Waals surface area contributed by atoms with Crippen molar-refractivity contribution in [1.82, 2.24) is 5.32 Å². The predicted molar refractivity (Wildman–Crippen MR) is 129 cm³/mol. The van der Waals surface area contributed by atoms with Gasteiger partial charge < -0.3 is 20.5 Å². The van der Waals surface area contributed by atoms with Gasteiger partial charge in [0, 0.05) is 5.92 Å². The minimum atomic E-state index is -1.44. The highest BCUT2D eigenvalue weighted by Crippen LogP contribution is 2.44. The lowest BCUT2D eigenvalue weighted by Gasteiger charge is -2.19. The molecule has 0 aromatic heterocycles. The molecule has 0 radical (unpaired) electrons. The van der Waals surface area contributed by atoms with Crippen molar-refractivity contribution in [2.45, 2.75) is 31.7 Å². The summed E-state index contributed by atoms with van der Waals surface area (Å²) in [7, 11) is 0. The molecule has 4 rings (SSSR count). The highest BCUT2D eigenvalue weighted by molar-refractivity contribution is 5.98.